The molecule has 0 aliphatic heterocycles. The van der Waals surface area contributed by atoms with E-state index in [9.17, 15) is 0 Å². The zero-order valence-electron chi connectivity index (χ0n) is 8.73. The second-order valence-corrected chi connectivity index (χ2v) is 3.36. The maximum atomic E-state index is 2.26. The van der Waals surface area contributed by atoms with Gasteiger partial charge in [0.25, 0.3) is 0 Å². The largest absolute Gasteiger partial charge is 0.0882 e. The summed E-state index contributed by atoms with van der Waals surface area (Å²) in [5, 5.41) is 0. The standard InChI is InChI=1S/C14H19/c1-2-4-6-8-10-12-14-13-11-9-7-5-3-1/h1-3,6-9,12,14H,4-5,10-11,13H2. The molecule has 1 radical (unpaired) electrons. The SMILES string of the molecule is [CH]1C=CCC=CCC=CCCC=CC1. The minimum atomic E-state index is 1.05. The van der Waals surface area contributed by atoms with Crippen molar-refractivity contribution in [1.29, 1.82) is 0 Å². The van der Waals surface area contributed by atoms with Crippen LogP contribution in [-0.2, 0) is 0 Å². The van der Waals surface area contributed by atoms with Crippen molar-refractivity contribution >= 4 is 0 Å². The van der Waals surface area contributed by atoms with Crippen molar-refractivity contribution in [3.63, 3.8) is 0 Å². The first kappa shape index (κ1) is 11.0. The van der Waals surface area contributed by atoms with Crippen molar-refractivity contribution < 1.29 is 0 Å². The lowest BCUT2D eigenvalue weighted by atomic mass is 10.2. The van der Waals surface area contributed by atoms with Gasteiger partial charge >= 0.3 is 0 Å². The number of rotatable bonds is 0. The quantitative estimate of drug-likeness (QED) is 0.494. The minimum absolute atomic E-state index is 1.05. The van der Waals surface area contributed by atoms with Gasteiger partial charge in [0.1, 0.15) is 0 Å². The molecule has 14 heavy (non-hydrogen) atoms. The Morgan fingerprint density at radius 1 is 0.500 bits per heavy atom. The molecule has 0 heterocycles. The van der Waals surface area contributed by atoms with Gasteiger partial charge in [-0.25, -0.2) is 0 Å². The van der Waals surface area contributed by atoms with E-state index in [1.807, 2.05) is 0 Å². The smallest absolute Gasteiger partial charge is 0.0133 e. The van der Waals surface area contributed by atoms with Crippen LogP contribution in [0.3, 0.4) is 0 Å². The molecule has 1 aliphatic carbocycles. The van der Waals surface area contributed by atoms with Gasteiger partial charge in [-0.2, -0.15) is 0 Å². The van der Waals surface area contributed by atoms with Crippen molar-refractivity contribution in [3.05, 3.63) is 55.0 Å². The van der Waals surface area contributed by atoms with E-state index in [1.165, 1.54) is 6.42 Å². The van der Waals surface area contributed by atoms with Crippen LogP contribution in [-0.4, -0.2) is 0 Å². The maximum Gasteiger partial charge on any atom is -0.0133 e. The number of hydrogen-bond donors (Lipinski definition) is 0. The third kappa shape index (κ3) is 6.47. The Balaban J connectivity index is 2.34. The van der Waals surface area contributed by atoms with Crippen molar-refractivity contribution in [2.45, 2.75) is 32.1 Å². The Hall–Kier alpha value is -1.04. The van der Waals surface area contributed by atoms with Gasteiger partial charge in [-0.05, 0) is 38.5 Å². The van der Waals surface area contributed by atoms with Crippen LogP contribution in [0.5, 0.6) is 0 Å². The van der Waals surface area contributed by atoms with E-state index in [2.05, 4.69) is 55.0 Å². The highest BCUT2D eigenvalue weighted by Crippen LogP contribution is 2.00. The lowest BCUT2D eigenvalue weighted by Crippen LogP contribution is -1.70. The Bertz CT molecular complexity index is 204. The highest BCUT2D eigenvalue weighted by atomic mass is 13.9. The van der Waals surface area contributed by atoms with Crippen molar-refractivity contribution in [2.24, 2.45) is 0 Å². The molecule has 1 aliphatic rings. The van der Waals surface area contributed by atoms with Crippen molar-refractivity contribution in [3.8, 4) is 0 Å². The van der Waals surface area contributed by atoms with Crippen LogP contribution in [0.15, 0.2) is 48.6 Å². The molecule has 0 fully saturated rings. The van der Waals surface area contributed by atoms with Gasteiger partial charge in [0.2, 0.25) is 0 Å². The summed E-state index contributed by atoms with van der Waals surface area (Å²) in [5.74, 6) is 0. The normalized spacial score (nSPS) is 19.4. The third-order valence-electron chi connectivity index (χ3n) is 2.09. The molecule has 0 unspecified atom stereocenters. The van der Waals surface area contributed by atoms with E-state index in [0.717, 1.165) is 25.7 Å². The molecule has 75 valence electrons. The zero-order valence-corrected chi connectivity index (χ0v) is 8.73. The van der Waals surface area contributed by atoms with Gasteiger partial charge < -0.3 is 0 Å². The first-order valence-corrected chi connectivity index (χ1v) is 5.43. The summed E-state index contributed by atoms with van der Waals surface area (Å²) in [5.41, 5.74) is 0. The molecule has 0 bridgehead atoms. The summed E-state index contributed by atoms with van der Waals surface area (Å²) in [6.07, 6.45) is 25.5. The molecule has 0 aromatic carbocycles. The third-order valence-corrected chi connectivity index (χ3v) is 2.09. The fourth-order valence-electron chi connectivity index (χ4n) is 1.30. The first-order valence-electron chi connectivity index (χ1n) is 5.43. The monoisotopic (exact) mass is 187 g/mol. The van der Waals surface area contributed by atoms with Crippen LogP contribution < -0.4 is 0 Å². The topological polar surface area (TPSA) is 0 Å². The molecule has 0 N–H and O–H groups in total. The maximum absolute atomic E-state index is 2.26. The second-order valence-electron chi connectivity index (χ2n) is 3.36. The summed E-state index contributed by atoms with van der Waals surface area (Å²) in [6, 6.07) is 0. The molecule has 0 atom stereocenters. The molecule has 1 rings (SSSR count). The van der Waals surface area contributed by atoms with Crippen molar-refractivity contribution in [2.75, 3.05) is 0 Å². The molecule has 0 aromatic heterocycles. The molecule has 0 amide bonds. The summed E-state index contributed by atoms with van der Waals surface area (Å²) in [6.45, 7) is 0. The highest BCUT2D eigenvalue weighted by Gasteiger charge is 1.80. The fraction of sp³-hybridized carbons (Fsp3) is 0.357. The van der Waals surface area contributed by atoms with Gasteiger partial charge in [-0.15, -0.1) is 0 Å². The van der Waals surface area contributed by atoms with Crippen LogP contribution >= 0.6 is 0 Å². The van der Waals surface area contributed by atoms with Crippen LogP contribution in [0.1, 0.15) is 32.1 Å². The number of allylic oxidation sites excluding steroid dienone is 8. The predicted molar refractivity (Wildman–Crippen MR) is 63.9 cm³/mol. The molecule has 0 heteroatoms. The van der Waals surface area contributed by atoms with E-state index in [-0.39, 0.29) is 0 Å². The molecule has 0 nitrogen and oxygen atoms in total. The average Bonchev–Trinajstić information content (AvgIpc) is 2.22. The zero-order chi connectivity index (χ0) is 9.90. The van der Waals surface area contributed by atoms with Crippen LogP contribution in [0, 0.1) is 6.42 Å². The van der Waals surface area contributed by atoms with Crippen LogP contribution in [0.4, 0.5) is 0 Å². The molecular formula is C14H19. The lowest BCUT2D eigenvalue weighted by Gasteiger charge is -1.90. The van der Waals surface area contributed by atoms with Gasteiger partial charge in [0.05, 0.1) is 0 Å². The van der Waals surface area contributed by atoms with E-state index in [1.54, 1.807) is 0 Å². The minimum Gasteiger partial charge on any atom is -0.0882 e. The Kier molecular flexibility index (Phi) is 6.74. The highest BCUT2D eigenvalue weighted by molar-refractivity contribution is 5.04. The van der Waals surface area contributed by atoms with Gasteiger partial charge in [0, 0.05) is 0 Å². The average molecular weight is 187 g/mol. The predicted octanol–water partition coefficient (Wildman–Crippen LogP) is 4.38. The Morgan fingerprint density at radius 2 is 1.07 bits per heavy atom. The van der Waals surface area contributed by atoms with Crippen LogP contribution in [0.2, 0.25) is 0 Å². The van der Waals surface area contributed by atoms with E-state index in [4.69, 9.17) is 0 Å². The number of hydrogen-bond acceptors (Lipinski definition) is 0. The molecule has 0 saturated carbocycles. The van der Waals surface area contributed by atoms with Crippen molar-refractivity contribution in [1.82, 2.24) is 0 Å². The Labute approximate surface area is 87.7 Å². The van der Waals surface area contributed by atoms with Gasteiger partial charge in [-0.1, -0.05) is 48.6 Å². The van der Waals surface area contributed by atoms with Gasteiger partial charge in [0.15, 0.2) is 0 Å². The van der Waals surface area contributed by atoms with Gasteiger partial charge in [-0.3, -0.25) is 0 Å². The molecule has 0 spiro atoms. The summed E-state index contributed by atoms with van der Waals surface area (Å²) < 4.78 is 0. The van der Waals surface area contributed by atoms with E-state index >= 15 is 0 Å². The van der Waals surface area contributed by atoms with E-state index < -0.39 is 0 Å². The van der Waals surface area contributed by atoms with E-state index in [0.29, 0.717) is 0 Å². The first-order chi connectivity index (χ1) is 7.00. The summed E-state index contributed by atoms with van der Waals surface area (Å²) >= 11 is 0. The lowest BCUT2D eigenvalue weighted by molar-refractivity contribution is 1.03. The molecular weight excluding hydrogens is 168 g/mol. The van der Waals surface area contributed by atoms with Crippen LogP contribution in [0.25, 0.3) is 0 Å². The summed E-state index contributed by atoms with van der Waals surface area (Å²) in [7, 11) is 0. The molecule has 0 aromatic rings. The summed E-state index contributed by atoms with van der Waals surface area (Å²) in [4.78, 5) is 0. The second kappa shape index (κ2) is 8.55. The Morgan fingerprint density at radius 3 is 1.86 bits per heavy atom. The fourth-order valence-corrected chi connectivity index (χ4v) is 1.30. The molecule has 0 saturated heterocycles.